The SMILES string of the molecule is Cc1cc(-c2ccc(C=O)cc2)cc2c1nc(-c1ccc(S(C)(=O)=O)cc1)n2C1CC1. The molecule has 1 aliphatic rings. The largest absolute Gasteiger partial charge is 0.321 e. The Morgan fingerprint density at radius 2 is 1.58 bits per heavy atom. The molecule has 0 unspecified atom stereocenters. The molecule has 0 spiro atoms. The van der Waals surface area contributed by atoms with E-state index in [1.807, 2.05) is 36.4 Å². The fraction of sp³-hybridized carbons (Fsp3) is 0.200. The van der Waals surface area contributed by atoms with Crippen molar-refractivity contribution in [3.05, 3.63) is 71.8 Å². The zero-order chi connectivity index (χ0) is 21.8. The zero-order valence-corrected chi connectivity index (χ0v) is 18.2. The number of rotatable bonds is 5. The van der Waals surface area contributed by atoms with Gasteiger partial charge >= 0.3 is 0 Å². The molecule has 1 fully saturated rings. The maximum Gasteiger partial charge on any atom is 0.175 e. The Hall–Kier alpha value is -3.25. The van der Waals surface area contributed by atoms with Crippen molar-refractivity contribution in [1.82, 2.24) is 9.55 Å². The number of benzene rings is 3. The van der Waals surface area contributed by atoms with E-state index in [0.29, 0.717) is 16.5 Å². The number of nitrogens with zero attached hydrogens (tertiary/aromatic N) is 2. The molecule has 0 amide bonds. The molecule has 0 radical (unpaired) electrons. The van der Waals surface area contributed by atoms with E-state index in [9.17, 15) is 13.2 Å². The lowest BCUT2D eigenvalue weighted by atomic mass is 10.0. The number of sulfone groups is 1. The number of aromatic nitrogens is 2. The highest BCUT2D eigenvalue weighted by atomic mass is 32.2. The normalized spacial score (nSPS) is 14.1. The summed E-state index contributed by atoms with van der Waals surface area (Å²) < 4.78 is 25.9. The van der Waals surface area contributed by atoms with Crippen LogP contribution in [0.4, 0.5) is 0 Å². The van der Waals surface area contributed by atoms with Crippen LogP contribution in [0.5, 0.6) is 0 Å². The van der Waals surface area contributed by atoms with Crippen LogP contribution >= 0.6 is 0 Å². The third-order valence-corrected chi connectivity index (χ3v) is 6.95. The highest BCUT2D eigenvalue weighted by Gasteiger charge is 2.29. The van der Waals surface area contributed by atoms with Crippen molar-refractivity contribution in [2.45, 2.75) is 30.7 Å². The quantitative estimate of drug-likeness (QED) is 0.407. The zero-order valence-electron chi connectivity index (χ0n) is 17.4. The highest BCUT2D eigenvalue weighted by molar-refractivity contribution is 7.90. The van der Waals surface area contributed by atoms with E-state index in [4.69, 9.17) is 4.98 Å². The predicted octanol–water partition coefficient (Wildman–Crippen LogP) is 5.23. The average molecular weight is 431 g/mol. The van der Waals surface area contributed by atoms with Gasteiger partial charge in [-0.15, -0.1) is 0 Å². The molecule has 0 N–H and O–H groups in total. The Bertz CT molecular complexity index is 1410. The maximum atomic E-state index is 11.8. The molecule has 5 nitrogen and oxygen atoms in total. The summed E-state index contributed by atoms with van der Waals surface area (Å²) in [5, 5.41) is 0. The van der Waals surface area contributed by atoms with Crippen molar-refractivity contribution >= 4 is 27.2 Å². The first-order chi connectivity index (χ1) is 14.8. The fourth-order valence-electron chi connectivity index (χ4n) is 4.04. The first-order valence-electron chi connectivity index (χ1n) is 10.2. The minimum absolute atomic E-state index is 0.308. The van der Waals surface area contributed by atoms with Crippen molar-refractivity contribution in [2.75, 3.05) is 6.26 Å². The molecule has 0 bridgehead atoms. The molecule has 3 aromatic carbocycles. The molecular formula is C25H22N2O3S. The second kappa shape index (κ2) is 7.17. The van der Waals surface area contributed by atoms with Gasteiger partial charge in [0.25, 0.3) is 0 Å². The van der Waals surface area contributed by atoms with Crippen LogP contribution < -0.4 is 0 Å². The Morgan fingerprint density at radius 1 is 0.935 bits per heavy atom. The maximum absolute atomic E-state index is 11.8. The molecule has 6 heteroatoms. The predicted molar refractivity (Wildman–Crippen MR) is 122 cm³/mol. The first-order valence-corrected chi connectivity index (χ1v) is 12.1. The van der Waals surface area contributed by atoms with E-state index in [2.05, 4.69) is 23.6 Å². The van der Waals surface area contributed by atoms with Crippen LogP contribution in [0.15, 0.2) is 65.6 Å². The number of aryl methyl sites for hydroxylation is 1. The fourth-order valence-corrected chi connectivity index (χ4v) is 4.67. The van der Waals surface area contributed by atoms with Gasteiger partial charge in [0.2, 0.25) is 0 Å². The monoisotopic (exact) mass is 430 g/mol. The highest BCUT2D eigenvalue weighted by Crippen LogP contribution is 2.42. The third kappa shape index (κ3) is 3.57. The first kappa shape index (κ1) is 19.7. The van der Waals surface area contributed by atoms with E-state index in [1.165, 1.54) is 6.26 Å². The van der Waals surface area contributed by atoms with Crippen molar-refractivity contribution in [3.63, 3.8) is 0 Å². The Morgan fingerprint density at radius 3 is 2.16 bits per heavy atom. The summed E-state index contributed by atoms with van der Waals surface area (Å²) in [5.41, 5.74) is 6.83. The van der Waals surface area contributed by atoms with E-state index >= 15 is 0 Å². The Kier molecular flexibility index (Phi) is 4.55. The van der Waals surface area contributed by atoms with E-state index < -0.39 is 9.84 Å². The lowest BCUT2D eigenvalue weighted by Gasteiger charge is -2.10. The number of aldehydes is 1. The minimum Gasteiger partial charge on any atom is -0.321 e. The molecule has 0 atom stereocenters. The van der Waals surface area contributed by atoms with E-state index in [1.54, 1.807) is 12.1 Å². The molecule has 1 aliphatic carbocycles. The van der Waals surface area contributed by atoms with Crippen LogP contribution in [-0.4, -0.2) is 30.5 Å². The third-order valence-electron chi connectivity index (χ3n) is 5.82. The molecule has 1 aromatic heterocycles. The summed E-state index contributed by atoms with van der Waals surface area (Å²) in [6, 6.07) is 19.3. The molecule has 4 aromatic rings. The second-order valence-corrected chi connectivity index (χ2v) is 10.2. The van der Waals surface area contributed by atoms with Gasteiger partial charge < -0.3 is 4.57 Å². The second-order valence-electron chi connectivity index (χ2n) is 8.23. The van der Waals surface area contributed by atoms with Crippen LogP contribution in [0.25, 0.3) is 33.5 Å². The number of carbonyl (C=O) groups is 1. The number of carbonyl (C=O) groups excluding carboxylic acids is 1. The lowest BCUT2D eigenvalue weighted by Crippen LogP contribution is -1.99. The van der Waals surface area contributed by atoms with Crippen molar-refractivity contribution in [3.8, 4) is 22.5 Å². The van der Waals surface area contributed by atoms with Crippen LogP contribution in [0.3, 0.4) is 0 Å². The Labute approximate surface area is 181 Å². The topological polar surface area (TPSA) is 69.0 Å². The average Bonchev–Trinajstić information content (AvgIpc) is 3.53. The van der Waals surface area contributed by atoms with Crippen LogP contribution in [0.2, 0.25) is 0 Å². The lowest BCUT2D eigenvalue weighted by molar-refractivity contribution is 0.112. The van der Waals surface area contributed by atoms with Gasteiger partial charge in [0.1, 0.15) is 12.1 Å². The standard InChI is InChI=1S/C25H22N2O3S/c1-16-13-20(18-5-3-17(15-28)4-6-18)14-23-24(16)26-25(27(23)21-9-10-21)19-7-11-22(12-8-19)31(2,29)30/h3-8,11-15,21H,9-10H2,1-2H3. The molecular weight excluding hydrogens is 408 g/mol. The molecule has 156 valence electrons. The number of hydrogen-bond acceptors (Lipinski definition) is 4. The summed E-state index contributed by atoms with van der Waals surface area (Å²) >= 11 is 0. The summed E-state index contributed by atoms with van der Waals surface area (Å²) in [4.78, 5) is 16.3. The molecule has 5 rings (SSSR count). The molecule has 1 saturated carbocycles. The minimum atomic E-state index is -3.24. The van der Waals surface area contributed by atoms with Crippen molar-refractivity contribution in [1.29, 1.82) is 0 Å². The van der Waals surface area contributed by atoms with Gasteiger partial charge in [0, 0.05) is 23.4 Å². The number of imidazole rings is 1. The summed E-state index contributed by atoms with van der Waals surface area (Å²) in [6.07, 6.45) is 4.28. The molecule has 31 heavy (non-hydrogen) atoms. The van der Waals surface area contributed by atoms with E-state index in [0.717, 1.165) is 58.2 Å². The van der Waals surface area contributed by atoms with Gasteiger partial charge in [-0.25, -0.2) is 13.4 Å². The number of hydrogen-bond donors (Lipinski definition) is 0. The van der Waals surface area contributed by atoms with Gasteiger partial charge in [0.05, 0.1) is 15.9 Å². The van der Waals surface area contributed by atoms with Crippen LogP contribution in [-0.2, 0) is 9.84 Å². The number of fused-ring (bicyclic) bond motifs is 1. The molecule has 0 aliphatic heterocycles. The summed E-state index contributed by atoms with van der Waals surface area (Å²) in [7, 11) is -3.24. The van der Waals surface area contributed by atoms with Crippen LogP contribution in [0, 0.1) is 6.92 Å². The Balaban J connectivity index is 1.67. The van der Waals surface area contributed by atoms with Crippen molar-refractivity contribution in [2.24, 2.45) is 0 Å². The van der Waals surface area contributed by atoms with Crippen molar-refractivity contribution < 1.29 is 13.2 Å². The molecule has 1 heterocycles. The van der Waals surface area contributed by atoms with Gasteiger partial charge in [-0.05, 0) is 72.9 Å². The van der Waals surface area contributed by atoms with Gasteiger partial charge in [-0.2, -0.15) is 0 Å². The smallest absolute Gasteiger partial charge is 0.175 e. The summed E-state index contributed by atoms with van der Waals surface area (Å²) in [6.45, 7) is 2.06. The van der Waals surface area contributed by atoms with E-state index in [-0.39, 0.29) is 0 Å². The summed E-state index contributed by atoms with van der Waals surface area (Å²) in [5.74, 6) is 0.870. The molecule has 0 saturated heterocycles. The van der Waals surface area contributed by atoms with Gasteiger partial charge in [0.15, 0.2) is 9.84 Å². The van der Waals surface area contributed by atoms with Crippen LogP contribution in [0.1, 0.15) is 34.8 Å². The van der Waals surface area contributed by atoms with Gasteiger partial charge in [-0.3, -0.25) is 4.79 Å². The van der Waals surface area contributed by atoms with Gasteiger partial charge in [-0.1, -0.05) is 24.3 Å².